The number of para-hydroxylation sites is 1. The first-order chi connectivity index (χ1) is 7.53. The molecule has 0 unspecified atom stereocenters. The van der Waals surface area contributed by atoms with Crippen molar-refractivity contribution in [3.8, 4) is 0 Å². The maximum atomic E-state index is 11.7. The van der Waals surface area contributed by atoms with Crippen molar-refractivity contribution in [3.05, 3.63) is 30.3 Å². The third kappa shape index (κ3) is 6.26. The lowest BCUT2D eigenvalue weighted by molar-refractivity contribution is -0.882. The van der Waals surface area contributed by atoms with E-state index >= 15 is 0 Å². The number of benzene rings is 1. The van der Waals surface area contributed by atoms with Gasteiger partial charge in [-0.1, -0.05) is 18.2 Å². The predicted molar refractivity (Wildman–Crippen MR) is 64.0 cm³/mol. The maximum Gasteiger partial charge on any atom is 0.279 e. The number of aliphatic hydroxyl groups excluding tert-OH is 1. The molecular weight excluding hydrogens is 240 g/mol. The summed E-state index contributed by atoms with van der Waals surface area (Å²) in [5.41, 5.74) is 0.802. The molecule has 0 aromatic heterocycles. The van der Waals surface area contributed by atoms with Crippen molar-refractivity contribution in [3.63, 3.8) is 0 Å². The van der Waals surface area contributed by atoms with Crippen LogP contribution >= 0.6 is 0 Å². The number of aliphatic hydroxyl groups is 1. The second kappa shape index (κ2) is 7.27. The van der Waals surface area contributed by atoms with Crippen molar-refractivity contribution < 1.29 is 26.8 Å². The first kappa shape index (κ1) is 15.9. The third-order valence-electron chi connectivity index (χ3n) is 2.33. The van der Waals surface area contributed by atoms with Gasteiger partial charge in [0.2, 0.25) is 0 Å². The van der Waals surface area contributed by atoms with Gasteiger partial charge in [-0.05, 0) is 12.1 Å². The molecular formula is C12H19ClN2O2. The molecule has 1 aromatic carbocycles. The minimum absolute atomic E-state index is 0. The molecule has 0 aliphatic rings. The summed E-state index contributed by atoms with van der Waals surface area (Å²) in [6.07, 6.45) is 0. The van der Waals surface area contributed by atoms with Crippen LogP contribution in [0.5, 0.6) is 0 Å². The number of nitrogens with one attached hydrogen (secondary N) is 1. The van der Waals surface area contributed by atoms with Gasteiger partial charge in [0, 0.05) is 5.69 Å². The number of nitrogens with zero attached hydrogens (tertiary/aromatic N) is 1. The Morgan fingerprint density at radius 1 is 1.29 bits per heavy atom. The van der Waals surface area contributed by atoms with E-state index in [0.29, 0.717) is 17.6 Å². The van der Waals surface area contributed by atoms with E-state index in [1.807, 2.05) is 44.4 Å². The fourth-order valence-corrected chi connectivity index (χ4v) is 1.46. The zero-order valence-corrected chi connectivity index (χ0v) is 10.9. The summed E-state index contributed by atoms with van der Waals surface area (Å²) >= 11 is 0. The Morgan fingerprint density at radius 2 is 1.88 bits per heavy atom. The first-order valence-electron chi connectivity index (χ1n) is 5.31. The maximum absolute atomic E-state index is 11.7. The molecule has 0 aliphatic heterocycles. The predicted octanol–water partition coefficient (Wildman–Crippen LogP) is -2.30. The summed E-state index contributed by atoms with van der Waals surface area (Å²) in [5.74, 6) is -0.0374. The van der Waals surface area contributed by atoms with Gasteiger partial charge in [-0.15, -0.1) is 0 Å². The summed E-state index contributed by atoms with van der Waals surface area (Å²) in [6, 6.07) is 9.36. The van der Waals surface area contributed by atoms with Crippen molar-refractivity contribution in [2.24, 2.45) is 0 Å². The number of carbonyl (C=O) groups is 1. The highest BCUT2D eigenvalue weighted by atomic mass is 35.5. The van der Waals surface area contributed by atoms with Gasteiger partial charge in [-0.25, -0.2) is 0 Å². The van der Waals surface area contributed by atoms with Crippen molar-refractivity contribution in [2.45, 2.75) is 0 Å². The summed E-state index contributed by atoms with van der Waals surface area (Å²) in [7, 11) is 3.83. The van der Waals surface area contributed by atoms with Gasteiger partial charge in [0.25, 0.3) is 5.91 Å². The van der Waals surface area contributed by atoms with E-state index in [4.69, 9.17) is 5.11 Å². The minimum atomic E-state index is -0.0374. The molecule has 17 heavy (non-hydrogen) atoms. The van der Waals surface area contributed by atoms with Crippen LogP contribution < -0.4 is 17.7 Å². The van der Waals surface area contributed by atoms with Gasteiger partial charge in [0.1, 0.15) is 6.54 Å². The van der Waals surface area contributed by atoms with Crippen LogP contribution in [0.3, 0.4) is 0 Å². The molecule has 4 nitrogen and oxygen atoms in total. The van der Waals surface area contributed by atoms with E-state index in [-0.39, 0.29) is 24.9 Å². The van der Waals surface area contributed by atoms with Crippen LogP contribution in [0.2, 0.25) is 0 Å². The Hall–Kier alpha value is -1.10. The van der Waals surface area contributed by atoms with Gasteiger partial charge in [0.05, 0.1) is 20.7 Å². The molecule has 1 aromatic rings. The van der Waals surface area contributed by atoms with E-state index in [0.717, 1.165) is 5.69 Å². The SMILES string of the molecule is C[N+](C)(CCO)CC(=O)Nc1ccccc1.[Cl-]. The standard InChI is InChI=1S/C12H18N2O2.ClH/c1-14(2,8-9-15)10-12(16)13-11-6-4-3-5-7-11;/h3-7,15H,8-10H2,1-2H3;1H. The molecule has 1 rings (SSSR count). The molecule has 0 radical (unpaired) electrons. The molecule has 0 spiro atoms. The van der Waals surface area contributed by atoms with Crippen LogP contribution in [0.25, 0.3) is 0 Å². The lowest BCUT2D eigenvalue weighted by atomic mass is 10.3. The van der Waals surface area contributed by atoms with Gasteiger partial charge in [-0.2, -0.15) is 0 Å². The van der Waals surface area contributed by atoms with E-state index in [2.05, 4.69) is 5.32 Å². The van der Waals surface area contributed by atoms with Gasteiger partial charge < -0.3 is 27.3 Å². The number of likely N-dealkylation sites (N-methyl/N-ethyl adjacent to an activating group) is 1. The molecule has 5 heteroatoms. The molecule has 0 heterocycles. The zero-order chi connectivity index (χ0) is 12.0. The molecule has 0 fully saturated rings. The number of hydrogen-bond donors (Lipinski definition) is 2. The summed E-state index contributed by atoms with van der Waals surface area (Å²) < 4.78 is 0.481. The Bertz CT molecular complexity index is 342. The van der Waals surface area contributed by atoms with Crippen molar-refractivity contribution in [1.82, 2.24) is 0 Å². The first-order valence-corrected chi connectivity index (χ1v) is 5.31. The van der Waals surface area contributed by atoms with Crippen molar-refractivity contribution >= 4 is 11.6 Å². The zero-order valence-electron chi connectivity index (χ0n) is 10.2. The second-order valence-corrected chi connectivity index (χ2v) is 4.46. The van der Waals surface area contributed by atoms with Crippen LogP contribution in [0, 0.1) is 0 Å². The van der Waals surface area contributed by atoms with Crippen molar-refractivity contribution in [1.29, 1.82) is 0 Å². The Balaban J connectivity index is 0.00000256. The van der Waals surface area contributed by atoms with Crippen LogP contribution in [0.4, 0.5) is 5.69 Å². The third-order valence-corrected chi connectivity index (χ3v) is 2.33. The number of halogens is 1. The number of amides is 1. The molecule has 0 saturated carbocycles. The number of rotatable bonds is 5. The average Bonchev–Trinajstić information content (AvgIpc) is 2.17. The van der Waals surface area contributed by atoms with E-state index in [1.165, 1.54) is 0 Å². The molecule has 96 valence electrons. The molecule has 0 aliphatic carbocycles. The fourth-order valence-electron chi connectivity index (χ4n) is 1.46. The van der Waals surface area contributed by atoms with Crippen LogP contribution in [0.15, 0.2) is 30.3 Å². The number of hydrogen-bond acceptors (Lipinski definition) is 2. The highest BCUT2D eigenvalue weighted by Crippen LogP contribution is 2.05. The topological polar surface area (TPSA) is 49.3 Å². The highest BCUT2D eigenvalue weighted by Gasteiger charge is 2.19. The quantitative estimate of drug-likeness (QED) is 0.584. The van der Waals surface area contributed by atoms with E-state index < -0.39 is 0 Å². The Morgan fingerprint density at radius 3 is 2.41 bits per heavy atom. The molecule has 0 atom stereocenters. The van der Waals surface area contributed by atoms with Gasteiger partial charge in [-0.3, -0.25) is 4.79 Å². The van der Waals surface area contributed by atoms with Gasteiger partial charge in [0.15, 0.2) is 6.54 Å². The monoisotopic (exact) mass is 258 g/mol. The van der Waals surface area contributed by atoms with Crippen LogP contribution in [0.1, 0.15) is 0 Å². The van der Waals surface area contributed by atoms with E-state index in [1.54, 1.807) is 0 Å². The summed E-state index contributed by atoms with van der Waals surface area (Å²) in [6.45, 7) is 1.02. The van der Waals surface area contributed by atoms with Crippen molar-refractivity contribution in [2.75, 3.05) is 39.1 Å². The van der Waals surface area contributed by atoms with Crippen LogP contribution in [-0.2, 0) is 4.79 Å². The number of quaternary nitrogens is 1. The molecule has 0 saturated heterocycles. The number of anilines is 1. The highest BCUT2D eigenvalue weighted by molar-refractivity contribution is 5.91. The number of carbonyl (C=O) groups excluding carboxylic acids is 1. The smallest absolute Gasteiger partial charge is 0.279 e. The normalized spacial score (nSPS) is 10.5. The molecule has 2 N–H and O–H groups in total. The molecule has 1 amide bonds. The average molecular weight is 259 g/mol. The lowest BCUT2D eigenvalue weighted by Gasteiger charge is -2.27. The largest absolute Gasteiger partial charge is 1.00 e. The van der Waals surface area contributed by atoms with E-state index in [9.17, 15) is 4.79 Å². The fraction of sp³-hybridized carbons (Fsp3) is 0.417. The molecule has 0 bridgehead atoms. The Labute approximate surface area is 108 Å². The van der Waals surface area contributed by atoms with Gasteiger partial charge >= 0.3 is 0 Å². The Kier molecular flexibility index (Phi) is 6.80. The summed E-state index contributed by atoms with van der Waals surface area (Å²) in [4.78, 5) is 11.7. The van der Waals surface area contributed by atoms with Crippen LogP contribution in [-0.4, -0.2) is 49.3 Å². The minimum Gasteiger partial charge on any atom is -1.00 e. The second-order valence-electron chi connectivity index (χ2n) is 4.46. The summed E-state index contributed by atoms with van der Waals surface area (Å²) in [5, 5.41) is 11.7. The lowest BCUT2D eigenvalue weighted by Crippen LogP contribution is -3.00.